The molecule has 0 spiro atoms. The predicted octanol–water partition coefficient (Wildman–Crippen LogP) is 3.35. The minimum absolute atomic E-state index is 0.0393. The van der Waals surface area contributed by atoms with Crippen LogP contribution in [0.1, 0.15) is 12.8 Å². The molecule has 3 aliphatic carbocycles. The van der Waals surface area contributed by atoms with E-state index < -0.39 is 0 Å². The van der Waals surface area contributed by atoms with Crippen LogP contribution in [-0.4, -0.2) is 25.0 Å². The van der Waals surface area contributed by atoms with Gasteiger partial charge in [-0.2, -0.15) is 5.06 Å². The van der Waals surface area contributed by atoms with Gasteiger partial charge in [0.1, 0.15) is 12.8 Å². The van der Waals surface area contributed by atoms with Crippen LogP contribution in [0.2, 0.25) is 0 Å². The Bertz CT molecular complexity index is 651. The Morgan fingerprint density at radius 1 is 1.18 bits per heavy atom. The standard InChI is InChI=1S/C18H19NO3/c1-20-12-19-17-11-10-15-14-7-5-3-2-4-6-13(14)8-9-16(15)18(17)21-22-19/h2-7,10-11,16,18H,8-9,12H2,1H3/b3-2-,4-2?,5-3?,6-4-,7-5-,13-6?,14-7?. The van der Waals surface area contributed by atoms with Crippen molar-refractivity contribution in [2.24, 2.45) is 5.92 Å². The summed E-state index contributed by atoms with van der Waals surface area (Å²) in [5, 5.41) is 1.68. The van der Waals surface area contributed by atoms with E-state index in [2.05, 4.69) is 48.6 Å². The summed E-state index contributed by atoms with van der Waals surface area (Å²) in [5.74, 6) is 0.335. The van der Waals surface area contributed by atoms with Crippen LogP contribution in [0.4, 0.5) is 0 Å². The summed E-state index contributed by atoms with van der Waals surface area (Å²) >= 11 is 0. The SMILES string of the molecule is COCN1OOC2C1=CC=C1C3=C(\C=C/C=C\C=C/3)CCC12. The van der Waals surface area contributed by atoms with E-state index in [0.717, 1.165) is 18.5 Å². The third kappa shape index (κ3) is 2.20. The molecule has 1 fully saturated rings. The van der Waals surface area contributed by atoms with E-state index >= 15 is 0 Å². The fraction of sp³-hybridized carbons (Fsp3) is 0.333. The van der Waals surface area contributed by atoms with E-state index in [4.69, 9.17) is 14.6 Å². The van der Waals surface area contributed by atoms with Gasteiger partial charge in [0.15, 0.2) is 0 Å². The largest absolute Gasteiger partial charge is 0.362 e. The van der Waals surface area contributed by atoms with E-state index in [9.17, 15) is 0 Å². The summed E-state index contributed by atoms with van der Waals surface area (Å²) in [7, 11) is 1.65. The first-order valence-electron chi connectivity index (χ1n) is 7.65. The lowest BCUT2D eigenvalue weighted by Gasteiger charge is -2.33. The third-order valence-corrected chi connectivity index (χ3v) is 4.54. The second kappa shape index (κ2) is 5.72. The van der Waals surface area contributed by atoms with Gasteiger partial charge < -0.3 is 4.74 Å². The van der Waals surface area contributed by atoms with Crippen molar-refractivity contribution in [1.82, 2.24) is 5.06 Å². The van der Waals surface area contributed by atoms with E-state index in [1.165, 1.54) is 16.7 Å². The molecule has 0 amide bonds. The van der Waals surface area contributed by atoms with Gasteiger partial charge in [-0.3, -0.25) is 0 Å². The number of fused-ring (bicyclic) bond motifs is 4. The first kappa shape index (κ1) is 13.8. The molecule has 114 valence electrons. The number of hydrogen-bond donors (Lipinski definition) is 0. The van der Waals surface area contributed by atoms with Gasteiger partial charge in [-0.1, -0.05) is 42.5 Å². The molecule has 0 N–H and O–H groups in total. The lowest BCUT2D eigenvalue weighted by molar-refractivity contribution is -0.394. The van der Waals surface area contributed by atoms with Crippen molar-refractivity contribution in [2.75, 3.05) is 13.8 Å². The molecule has 22 heavy (non-hydrogen) atoms. The Labute approximate surface area is 130 Å². The zero-order valence-electron chi connectivity index (χ0n) is 12.6. The molecule has 0 radical (unpaired) electrons. The van der Waals surface area contributed by atoms with Crippen molar-refractivity contribution in [2.45, 2.75) is 18.9 Å². The van der Waals surface area contributed by atoms with Crippen LogP contribution < -0.4 is 0 Å². The fourth-order valence-corrected chi connectivity index (χ4v) is 3.51. The van der Waals surface area contributed by atoms with E-state index in [0.29, 0.717) is 12.6 Å². The van der Waals surface area contributed by atoms with Crippen molar-refractivity contribution < 1.29 is 14.6 Å². The summed E-state index contributed by atoms with van der Waals surface area (Å²) < 4.78 is 5.15. The van der Waals surface area contributed by atoms with Gasteiger partial charge in [0, 0.05) is 13.0 Å². The third-order valence-electron chi connectivity index (χ3n) is 4.54. The Kier molecular flexibility index (Phi) is 3.58. The van der Waals surface area contributed by atoms with Gasteiger partial charge in [0.05, 0.1) is 5.70 Å². The first-order valence-corrected chi connectivity index (χ1v) is 7.65. The Hall–Kier alpha value is -1.88. The smallest absolute Gasteiger partial charge is 0.146 e. The molecule has 0 aromatic carbocycles. The molecule has 0 bridgehead atoms. The number of methoxy groups -OCH3 is 1. The number of allylic oxidation sites excluding steroid dienone is 10. The van der Waals surface area contributed by atoms with Crippen molar-refractivity contribution in [3.8, 4) is 0 Å². The summed E-state index contributed by atoms with van der Waals surface area (Å²) in [6.45, 7) is 0.375. The van der Waals surface area contributed by atoms with Gasteiger partial charge in [-0.05, 0) is 35.6 Å². The first-order chi connectivity index (χ1) is 10.9. The number of hydrogen-bond acceptors (Lipinski definition) is 4. The Morgan fingerprint density at radius 2 is 2.05 bits per heavy atom. The summed E-state index contributed by atoms with van der Waals surface area (Å²) in [6.07, 6.45) is 19.1. The van der Waals surface area contributed by atoms with Gasteiger partial charge in [0.25, 0.3) is 0 Å². The maximum atomic E-state index is 5.59. The molecule has 4 rings (SSSR count). The Morgan fingerprint density at radius 3 is 2.91 bits per heavy atom. The van der Waals surface area contributed by atoms with Crippen LogP contribution in [0.25, 0.3) is 0 Å². The van der Waals surface area contributed by atoms with Crippen molar-refractivity contribution in [1.29, 1.82) is 0 Å². The van der Waals surface area contributed by atoms with Crippen LogP contribution in [0, 0.1) is 5.92 Å². The van der Waals surface area contributed by atoms with Crippen molar-refractivity contribution in [3.63, 3.8) is 0 Å². The second-order valence-electron chi connectivity index (χ2n) is 5.79. The number of nitrogens with zero attached hydrogens (tertiary/aromatic N) is 1. The highest BCUT2D eigenvalue weighted by Gasteiger charge is 2.42. The maximum absolute atomic E-state index is 5.59. The summed E-state index contributed by atoms with van der Waals surface area (Å²) in [5.41, 5.74) is 5.10. The minimum Gasteiger partial charge on any atom is -0.362 e. The molecular formula is C18H19NO3. The average Bonchev–Trinajstić information content (AvgIpc) is 2.91. The van der Waals surface area contributed by atoms with Crippen LogP contribution in [-0.2, 0) is 14.6 Å². The summed E-state index contributed by atoms with van der Waals surface area (Å²) in [6, 6.07) is 0. The highest BCUT2D eigenvalue weighted by Crippen LogP contribution is 2.45. The monoisotopic (exact) mass is 297 g/mol. The normalized spacial score (nSPS) is 33.8. The van der Waals surface area contributed by atoms with Crippen LogP contribution in [0.15, 0.2) is 71.0 Å². The van der Waals surface area contributed by atoms with E-state index in [-0.39, 0.29) is 6.10 Å². The predicted molar refractivity (Wildman–Crippen MR) is 83.0 cm³/mol. The van der Waals surface area contributed by atoms with E-state index in [1.54, 1.807) is 12.2 Å². The lowest BCUT2D eigenvalue weighted by Crippen LogP contribution is -2.31. The highest BCUT2D eigenvalue weighted by atomic mass is 17.3. The minimum atomic E-state index is -0.0393. The molecule has 1 saturated heterocycles. The zero-order chi connectivity index (χ0) is 14.9. The lowest BCUT2D eigenvalue weighted by atomic mass is 9.73. The second-order valence-corrected chi connectivity index (χ2v) is 5.79. The molecule has 2 unspecified atom stereocenters. The number of rotatable bonds is 2. The molecule has 4 heteroatoms. The molecule has 4 aliphatic rings. The van der Waals surface area contributed by atoms with Crippen molar-refractivity contribution in [3.05, 3.63) is 71.0 Å². The van der Waals surface area contributed by atoms with Crippen LogP contribution in [0.3, 0.4) is 0 Å². The summed E-state index contributed by atoms with van der Waals surface area (Å²) in [4.78, 5) is 10.9. The highest BCUT2D eigenvalue weighted by molar-refractivity contribution is 5.55. The molecule has 0 aromatic rings. The van der Waals surface area contributed by atoms with Gasteiger partial charge >= 0.3 is 0 Å². The van der Waals surface area contributed by atoms with Crippen molar-refractivity contribution >= 4 is 0 Å². The molecule has 1 aliphatic heterocycles. The quantitative estimate of drug-likeness (QED) is 0.731. The van der Waals surface area contributed by atoms with E-state index in [1.807, 2.05) is 0 Å². The zero-order valence-corrected chi connectivity index (χ0v) is 12.6. The van der Waals surface area contributed by atoms with Gasteiger partial charge in [-0.25, -0.2) is 4.89 Å². The number of hydroxylamine groups is 2. The van der Waals surface area contributed by atoms with Gasteiger partial charge in [0.2, 0.25) is 0 Å². The topological polar surface area (TPSA) is 30.9 Å². The van der Waals surface area contributed by atoms with Crippen LogP contribution in [0.5, 0.6) is 0 Å². The molecule has 1 heterocycles. The number of ether oxygens (including phenoxy) is 1. The molecule has 4 nitrogen and oxygen atoms in total. The Balaban J connectivity index is 1.71. The average molecular weight is 297 g/mol. The molecular weight excluding hydrogens is 278 g/mol. The molecule has 0 aromatic heterocycles. The molecule has 0 saturated carbocycles. The van der Waals surface area contributed by atoms with Gasteiger partial charge in [-0.15, -0.1) is 4.99 Å². The fourth-order valence-electron chi connectivity index (χ4n) is 3.51. The molecule has 2 atom stereocenters. The maximum Gasteiger partial charge on any atom is 0.146 e. The van der Waals surface area contributed by atoms with Crippen LogP contribution >= 0.6 is 0 Å².